The second-order valence-electron chi connectivity index (χ2n) is 10.3. The number of carboxylic acids is 1. The number of aromatic nitrogens is 1. The van der Waals surface area contributed by atoms with Crippen molar-refractivity contribution < 1.29 is 19.4 Å². The molecule has 188 valence electrons. The van der Waals surface area contributed by atoms with E-state index in [0.29, 0.717) is 44.3 Å². The molecule has 0 bridgehead atoms. The molecule has 1 amide bonds. The number of benzene rings is 2. The Morgan fingerprint density at radius 2 is 1.72 bits per heavy atom. The van der Waals surface area contributed by atoms with Gasteiger partial charge in [-0.1, -0.05) is 37.5 Å². The zero-order valence-electron chi connectivity index (χ0n) is 20.6. The van der Waals surface area contributed by atoms with E-state index in [1.54, 1.807) is 0 Å². The number of carbonyl (C=O) groups is 2. The molecule has 0 atom stereocenters. The highest BCUT2D eigenvalue weighted by atomic mass is 16.5. The Morgan fingerprint density at radius 3 is 2.50 bits per heavy atom. The summed E-state index contributed by atoms with van der Waals surface area (Å²) in [6.45, 7) is 3.63. The average Bonchev–Trinajstić information content (AvgIpc) is 3.10. The number of aliphatic carboxylic acids is 1. The van der Waals surface area contributed by atoms with E-state index >= 15 is 0 Å². The first-order chi connectivity index (χ1) is 17.6. The first-order valence-electron chi connectivity index (χ1n) is 13.2. The van der Waals surface area contributed by atoms with Gasteiger partial charge in [-0.3, -0.25) is 14.5 Å². The molecular weight excluding hydrogens is 454 g/mol. The highest BCUT2D eigenvalue weighted by molar-refractivity contribution is 6.01. The van der Waals surface area contributed by atoms with Gasteiger partial charge in [0.1, 0.15) is 12.4 Å². The van der Waals surface area contributed by atoms with Gasteiger partial charge in [-0.05, 0) is 48.6 Å². The maximum absolute atomic E-state index is 13.5. The van der Waals surface area contributed by atoms with Crippen molar-refractivity contribution in [1.29, 1.82) is 0 Å². The van der Waals surface area contributed by atoms with Gasteiger partial charge >= 0.3 is 5.97 Å². The van der Waals surface area contributed by atoms with Gasteiger partial charge in [-0.25, -0.2) is 0 Å². The summed E-state index contributed by atoms with van der Waals surface area (Å²) in [7, 11) is 0. The molecule has 6 rings (SSSR count). The van der Waals surface area contributed by atoms with E-state index < -0.39 is 5.97 Å². The average molecular weight is 488 g/mol. The fourth-order valence-corrected chi connectivity index (χ4v) is 6.35. The predicted octanol–water partition coefficient (Wildman–Crippen LogP) is 4.59. The summed E-state index contributed by atoms with van der Waals surface area (Å²) in [4.78, 5) is 28.2. The van der Waals surface area contributed by atoms with Gasteiger partial charge < -0.3 is 19.3 Å². The molecule has 0 spiro atoms. The van der Waals surface area contributed by atoms with E-state index in [0.717, 1.165) is 23.4 Å². The number of nitrogens with zero attached hydrogens (tertiary/aromatic N) is 3. The number of ether oxygens (including phenoxy) is 1. The lowest BCUT2D eigenvalue weighted by atomic mass is 9.81. The van der Waals surface area contributed by atoms with Crippen molar-refractivity contribution in [2.24, 2.45) is 0 Å². The van der Waals surface area contributed by atoms with Crippen LogP contribution in [0, 0.1) is 0 Å². The molecule has 36 heavy (non-hydrogen) atoms. The summed E-state index contributed by atoms with van der Waals surface area (Å²) >= 11 is 0. The summed E-state index contributed by atoms with van der Waals surface area (Å²) in [6.07, 6.45) is 6.24. The lowest BCUT2D eigenvalue weighted by molar-refractivity contribution is -0.138. The van der Waals surface area contributed by atoms with Crippen LogP contribution in [0.25, 0.3) is 22.2 Å². The number of hydrogen-bond donors (Lipinski definition) is 1. The number of carbonyl (C=O) groups excluding carboxylic acids is 1. The summed E-state index contributed by atoms with van der Waals surface area (Å²) in [5.74, 6) is 0.652. The molecule has 1 saturated carbocycles. The van der Waals surface area contributed by atoms with Gasteiger partial charge in [-0.2, -0.15) is 0 Å². The molecule has 2 aliphatic heterocycles. The number of para-hydroxylation sites is 1. The van der Waals surface area contributed by atoms with Gasteiger partial charge in [0.05, 0.1) is 18.8 Å². The lowest BCUT2D eigenvalue weighted by Gasteiger charge is -2.33. The highest BCUT2D eigenvalue weighted by Crippen LogP contribution is 2.47. The maximum atomic E-state index is 13.5. The van der Waals surface area contributed by atoms with Crippen molar-refractivity contribution in [3.05, 3.63) is 53.6 Å². The second-order valence-corrected chi connectivity index (χ2v) is 10.3. The van der Waals surface area contributed by atoms with Crippen LogP contribution >= 0.6 is 0 Å². The van der Waals surface area contributed by atoms with Crippen molar-refractivity contribution in [3.8, 4) is 17.0 Å². The van der Waals surface area contributed by atoms with Crippen LogP contribution in [0.15, 0.2) is 42.5 Å². The van der Waals surface area contributed by atoms with Crippen LogP contribution in [-0.4, -0.2) is 70.7 Å². The quantitative estimate of drug-likeness (QED) is 0.583. The fourth-order valence-electron chi connectivity index (χ4n) is 6.35. The minimum Gasteiger partial charge on any atom is -0.491 e. The van der Waals surface area contributed by atoms with Crippen LogP contribution in [0.1, 0.15) is 53.9 Å². The van der Waals surface area contributed by atoms with E-state index in [9.17, 15) is 9.59 Å². The topological polar surface area (TPSA) is 75.0 Å². The van der Waals surface area contributed by atoms with E-state index in [2.05, 4.69) is 34.9 Å². The lowest BCUT2D eigenvalue weighted by Crippen LogP contribution is -2.49. The van der Waals surface area contributed by atoms with Gasteiger partial charge in [0.15, 0.2) is 0 Å². The van der Waals surface area contributed by atoms with E-state index in [-0.39, 0.29) is 12.5 Å². The first-order valence-corrected chi connectivity index (χ1v) is 13.2. The Morgan fingerprint density at radius 1 is 0.944 bits per heavy atom. The maximum Gasteiger partial charge on any atom is 0.317 e. The molecule has 1 N–H and O–H groups in total. The molecule has 0 radical (unpaired) electrons. The van der Waals surface area contributed by atoms with Gasteiger partial charge in [-0.15, -0.1) is 0 Å². The number of carboxylic acid groups (broad SMARTS) is 1. The number of hydrogen-bond acceptors (Lipinski definition) is 4. The Labute approximate surface area is 211 Å². The van der Waals surface area contributed by atoms with Crippen LogP contribution in [-0.2, 0) is 11.3 Å². The van der Waals surface area contributed by atoms with Crippen LogP contribution < -0.4 is 4.74 Å². The van der Waals surface area contributed by atoms with Crippen molar-refractivity contribution in [1.82, 2.24) is 14.4 Å². The van der Waals surface area contributed by atoms with Crippen LogP contribution in [0.3, 0.4) is 0 Å². The van der Waals surface area contributed by atoms with Crippen molar-refractivity contribution >= 4 is 22.8 Å². The zero-order valence-corrected chi connectivity index (χ0v) is 20.6. The number of piperazine rings is 1. The Hall–Kier alpha value is -3.32. The smallest absolute Gasteiger partial charge is 0.317 e. The summed E-state index contributed by atoms with van der Waals surface area (Å²) in [6, 6.07) is 14.6. The molecule has 1 aliphatic carbocycles. The molecule has 3 heterocycles. The fraction of sp³-hybridized carbons (Fsp3) is 0.448. The SMILES string of the molecule is O=C(O)CN1CCN(C(=O)c2ccc3c(C4CCCCC4)c4n(c3c2)CCOc2ccccc2-4)CC1. The number of amides is 1. The van der Waals surface area contributed by atoms with Gasteiger partial charge in [0.25, 0.3) is 5.91 Å². The normalized spacial score (nSPS) is 18.8. The summed E-state index contributed by atoms with van der Waals surface area (Å²) in [5, 5.41) is 10.3. The molecule has 3 aliphatic rings. The Kier molecular flexibility index (Phi) is 6.17. The predicted molar refractivity (Wildman–Crippen MR) is 139 cm³/mol. The third kappa shape index (κ3) is 4.15. The van der Waals surface area contributed by atoms with E-state index in [1.165, 1.54) is 48.7 Å². The van der Waals surface area contributed by atoms with Gasteiger partial charge in [0, 0.05) is 48.2 Å². The van der Waals surface area contributed by atoms with Crippen molar-refractivity contribution in [2.45, 2.75) is 44.6 Å². The van der Waals surface area contributed by atoms with Crippen molar-refractivity contribution in [3.63, 3.8) is 0 Å². The molecule has 1 saturated heterocycles. The summed E-state index contributed by atoms with van der Waals surface area (Å²) in [5.41, 5.74) is 5.64. The van der Waals surface area contributed by atoms with E-state index in [1.807, 2.05) is 21.9 Å². The minimum absolute atomic E-state index is 0.0203. The Bertz CT molecular complexity index is 1300. The standard InChI is InChI=1S/C29H33N3O4/c33-26(34)19-30-12-14-31(15-13-30)29(35)21-10-11-22-24(18-21)32-16-17-36-25-9-5-4-8-23(25)28(32)27(22)20-6-2-1-3-7-20/h4-5,8-11,18,20H,1-3,6-7,12-17,19H2,(H,33,34). The van der Waals surface area contributed by atoms with Crippen molar-refractivity contribution in [2.75, 3.05) is 39.3 Å². The molecule has 2 aromatic carbocycles. The molecule has 1 aromatic heterocycles. The largest absolute Gasteiger partial charge is 0.491 e. The third-order valence-electron chi connectivity index (χ3n) is 8.10. The number of rotatable bonds is 4. The highest BCUT2D eigenvalue weighted by Gasteiger charge is 2.30. The molecule has 7 nitrogen and oxygen atoms in total. The first kappa shape index (κ1) is 23.1. The number of fused-ring (bicyclic) bond motifs is 5. The van der Waals surface area contributed by atoms with Crippen LogP contribution in [0.2, 0.25) is 0 Å². The molecule has 0 unspecified atom stereocenters. The monoisotopic (exact) mass is 487 g/mol. The Balaban J connectivity index is 1.40. The van der Waals surface area contributed by atoms with Crippen LogP contribution in [0.4, 0.5) is 0 Å². The minimum atomic E-state index is -0.825. The van der Waals surface area contributed by atoms with Crippen LogP contribution in [0.5, 0.6) is 5.75 Å². The molecule has 2 fully saturated rings. The van der Waals surface area contributed by atoms with E-state index in [4.69, 9.17) is 9.84 Å². The molecular formula is C29H33N3O4. The summed E-state index contributed by atoms with van der Waals surface area (Å²) < 4.78 is 8.53. The van der Waals surface area contributed by atoms with Gasteiger partial charge in [0.2, 0.25) is 0 Å². The molecule has 7 heteroatoms. The third-order valence-corrected chi connectivity index (χ3v) is 8.10. The second kappa shape index (κ2) is 9.62. The molecule has 3 aromatic rings. The zero-order chi connectivity index (χ0) is 24.6.